The summed E-state index contributed by atoms with van der Waals surface area (Å²) in [5, 5.41) is 59.5. The maximum absolute atomic E-state index is 14.5. The second-order valence-electron chi connectivity index (χ2n) is 14.8. The highest BCUT2D eigenvalue weighted by molar-refractivity contribution is 6.25. The van der Waals surface area contributed by atoms with Crippen molar-refractivity contribution in [3.63, 3.8) is 0 Å². The van der Waals surface area contributed by atoms with E-state index in [2.05, 4.69) is 6.58 Å². The molecule has 240 valence electrons. The summed E-state index contributed by atoms with van der Waals surface area (Å²) in [5.41, 5.74) is -5.85. The Kier molecular flexibility index (Phi) is 8.18. The molecular weight excluding hydrogens is 560 g/mol. The van der Waals surface area contributed by atoms with Crippen molar-refractivity contribution < 1.29 is 39.9 Å². The lowest BCUT2D eigenvalue weighted by atomic mass is 9.41. The zero-order chi connectivity index (χ0) is 33.5. The van der Waals surface area contributed by atoms with Crippen LogP contribution in [-0.2, 0) is 15.0 Å². The SMILES string of the molecule is C=C(C)CCCCC(C)(C)c1ccc2c(c1O)C(=O)C1=C(O)[C@@]3(O)C(=O)C(C(C)=O)=C(O)C(C(C)C)[C@@]3(C)[C@H](O)[C@@]1(C)[C@@H]2C. The molecule has 0 bridgehead atoms. The Morgan fingerprint density at radius 1 is 1.07 bits per heavy atom. The van der Waals surface area contributed by atoms with Gasteiger partial charge in [-0.05, 0) is 55.9 Å². The van der Waals surface area contributed by atoms with Crippen LogP contribution in [0, 0.1) is 22.7 Å². The Labute approximate surface area is 260 Å². The number of rotatable bonds is 8. The molecule has 8 heteroatoms. The summed E-state index contributed by atoms with van der Waals surface area (Å²) in [6, 6.07) is 3.57. The third-order valence-electron chi connectivity index (χ3n) is 11.2. The molecule has 8 nitrogen and oxygen atoms in total. The highest BCUT2D eigenvalue weighted by Crippen LogP contribution is 2.67. The molecule has 0 saturated heterocycles. The van der Waals surface area contributed by atoms with Crippen molar-refractivity contribution in [1.82, 2.24) is 0 Å². The van der Waals surface area contributed by atoms with Crippen LogP contribution < -0.4 is 0 Å². The predicted molar refractivity (Wildman–Crippen MR) is 168 cm³/mol. The van der Waals surface area contributed by atoms with Gasteiger partial charge in [0.2, 0.25) is 5.78 Å². The third-order valence-corrected chi connectivity index (χ3v) is 11.2. The van der Waals surface area contributed by atoms with Crippen molar-refractivity contribution in [3.05, 3.63) is 63.6 Å². The molecule has 0 fully saturated rings. The molecule has 3 aliphatic rings. The third kappa shape index (κ3) is 4.20. The number of carbonyl (C=O) groups is 3. The molecule has 1 aromatic carbocycles. The fourth-order valence-corrected chi connectivity index (χ4v) is 8.62. The van der Waals surface area contributed by atoms with E-state index in [0.717, 1.165) is 38.2 Å². The summed E-state index contributed by atoms with van der Waals surface area (Å²) in [4.78, 5) is 41.0. The van der Waals surface area contributed by atoms with Crippen molar-refractivity contribution >= 4 is 17.3 Å². The number of aliphatic hydroxyl groups excluding tert-OH is 3. The van der Waals surface area contributed by atoms with Gasteiger partial charge in [0.05, 0.1) is 17.2 Å². The van der Waals surface area contributed by atoms with Crippen LogP contribution in [0.4, 0.5) is 0 Å². The number of Topliss-reactive ketones (excluding diaryl/α,β-unsaturated/α-hetero) is 3. The lowest BCUT2D eigenvalue weighted by Crippen LogP contribution is -2.73. The first-order chi connectivity index (χ1) is 20.1. The molecule has 0 heterocycles. The summed E-state index contributed by atoms with van der Waals surface area (Å²) < 4.78 is 0. The van der Waals surface area contributed by atoms with Crippen LogP contribution in [0.5, 0.6) is 5.75 Å². The maximum atomic E-state index is 14.5. The average molecular weight is 609 g/mol. The zero-order valence-electron chi connectivity index (χ0n) is 27.5. The van der Waals surface area contributed by atoms with E-state index in [-0.39, 0.29) is 16.9 Å². The first kappa shape index (κ1) is 33.7. The van der Waals surface area contributed by atoms with Crippen LogP contribution in [0.3, 0.4) is 0 Å². The van der Waals surface area contributed by atoms with Crippen LogP contribution >= 0.6 is 0 Å². The van der Waals surface area contributed by atoms with Gasteiger partial charge in [0, 0.05) is 22.3 Å². The number of fused-ring (bicyclic) bond motifs is 3. The van der Waals surface area contributed by atoms with Crippen molar-refractivity contribution in [1.29, 1.82) is 0 Å². The first-order valence-electron chi connectivity index (χ1n) is 15.5. The van der Waals surface area contributed by atoms with Crippen LogP contribution in [0.15, 0.2) is 46.9 Å². The summed E-state index contributed by atoms with van der Waals surface area (Å²) in [6.45, 7) is 19.2. The quantitative estimate of drug-likeness (QED) is 0.131. The van der Waals surface area contributed by atoms with Gasteiger partial charge < -0.3 is 25.5 Å². The number of hydrogen-bond donors (Lipinski definition) is 5. The first-order valence-corrected chi connectivity index (χ1v) is 15.5. The summed E-state index contributed by atoms with van der Waals surface area (Å²) in [6.07, 6.45) is 1.80. The van der Waals surface area contributed by atoms with Gasteiger partial charge in [-0.3, -0.25) is 14.4 Å². The zero-order valence-corrected chi connectivity index (χ0v) is 27.5. The van der Waals surface area contributed by atoms with Crippen molar-refractivity contribution in [2.24, 2.45) is 22.7 Å². The summed E-state index contributed by atoms with van der Waals surface area (Å²) in [7, 11) is 0. The second-order valence-corrected chi connectivity index (χ2v) is 14.8. The van der Waals surface area contributed by atoms with E-state index < -0.39 is 80.1 Å². The standard InChI is InChI=1S/C36H48O8/c1-17(2)13-11-12-16-33(7,8)22-15-14-21-19(5)34(9)26(29(40)24(21)27(22)38)31(42)36(44)30(41)23(20(6)37)28(39)25(18(3)4)35(36,10)32(34)43/h14-15,18-19,25,32,38-39,42-44H,1,11-13,16H2,2-10H3/t19-,25?,32-,34+,35+,36+/m1/s1. The molecule has 44 heavy (non-hydrogen) atoms. The van der Waals surface area contributed by atoms with Crippen molar-refractivity contribution in [3.8, 4) is 5.75 Å². The van der Waals surface area contributed by atoms with Gasteiger partial charge in [0.1, 0.15) is 22.8 Å². The van der Waals surface area contributed by atoms with Gasteiger partial charge in [-0.25, -0.2) is 0 Å². The van der Waals surface area contributed by atoms with Crippen LogP contribution in [-0.4, -0.2) is 54.6 Å². The smallest absolute Gasteiger partial charge is 0.209 e. The molecule has 5 N–H and O–H groups in total. The number of aliphatic hydroxyl groups is 4. The van der Waals surface area contributed by atoms with Gasteiger partial charge in [0.25, 0.3) is 0 Å². The van der Waals surface area contributed by atoms with E-state index in [0.29, 0.717) is 11.1 Å². The van der Waals surface area contributed by atoms with E-state index in [1.165, 1.54) is 6.92 Å². The van der Waals surface area contributed by atoms with Crippen LogP contribution in [0.25, 0.3) is 0 Å². The van der Waals surface area contributed by atoms with E-state index in [1.54, 1.807) is 39.8 Å². The molecule has 1 unspecified atom stereocenters. The van der Waals surface area contributed by atoms with Gasteiger partial charge in [-0.2, -0.15) is 0 Å². The fourth-order valence-electron chi connectivity index (χ4n) is 8.62. The molecule has 3 aliphatic carbocycles. The van der Waals surface area contributed by atoms with Gasteiger partial charge in [0.15, 0.2) is 17.2 Å². The average Bonchev–Trinajstić information content (AvgIpc) is 2.91. The number of aromatic hydroxyl groups is 1. The number of hydrogen-bond acceptors (Lipinski definition) is 8. The minimum atomic E-state index is -2.90. The van der Waals surface area contributed by atoms with Crippen LogP contribution in [0.1, 0.15) is 115 Å². The lowest BCUT2D eigenvalue weighted by molar-refractivity contribution is -0.211. The fraction of sp³-hybridized carbons (Fsp3) is 0.583. The minimum Gasteiger partial charge on any atom is -0.511 e. The van der Waals surface area contributed by atoms with E-state index in [1.807, 2.05) is 20.8 Å². The van der Waals surface area contributed by atoms with Crippen molar-refractivity contribution in [2.45, 2.75) is 111 Å². The number of allylic oxidation sites excluding steroid dienone is 2. The Balaban J connectivity index is 1.98. The molecule has 0 aliphatic heterocycles. The molecule has 1 aromatic rings. The topological polar surface area (TPSA) is 152 Å². The molecule has 0 amide bonds. The molecule has 0 saturated carbocycles. The highest BCUT2D eigenvalue weighted by atomic mass is 16.4. The number of unbranched alkanes of at least 4 members (excludes halogenated alkanes) is 1. The molecule has 0 aromatic heterocycles. The Morgan fingerprint density at radius 2 is 1.66 bits per heavy atom. The molecular formula is C36H48O8. The van der Waals surface area contributed by atoms with Gasteiger partial charge >= 0.3 is 0 Å². The normalized spacial score (nSPS) is 32.0. The number of phenols is 1. The number of benzene rings is 1. The monoisotopic (exact) mass is 608 g/mol. The lowest BCUT2D eigenvalue weighted by Gasteiger charge is -2.63. The highest BCUT2D eigenvalue weighted by Gasteiger charge is 2.76. The molecule has 4 rings (SSSR count). The van der Waals surface area contributed by atoms with Gasteiger partial charge in [-0.15, -0.1) is 6.58 Å². The van der Waals surface area contributed by atoms with Crippen LogP contribution in [0.2, 0.25) is 0 Å². The number of ketones is 3. The Morgan fingerprint density at radius 3 is 2.18 bits per heavy atom. The van der Waals surface area contributed by atoms with Gasteiger partial charge in [-0.1, -0.05) is 72.6 Å². The Bertz CT molecular complexity index is 1530. The molecule has 6 atom stereocenters. The van der Waals surface area contributed by atoms with E-state index >= 15 is 0 Å². The van der Waals surface area contributed by atoms with E-state index in [9.17, 15) is 39.9 Å². The number of carbonyl (C=O) groups excluding carboxylic acids is 3. The summed E-state index contributed by atoms with van der Waals surface area (Å²) in [5.74, 6) is -6.92. The molecule has 0 spiro atoms. The largest absolute Gasteiger partial charge is 0.511 e. The summed E-state index contributed by atoms with van der Waals surface area (Å²) >= 11 is 0. The predicted octanol–water partition coefficient (Wildman–Crippen LogP) is 6.29. The number of phenolic OH excluding ortho intramolecular Hbond substituents is 1. The molecule has 0 radical (unpaired) electrons. The Hall–Kier alpha value is -3.23. The van der Waals surface area contributed by atoms with Crippen molar-refractivity contribution in [2.75, 3.05) is 0 Å². The second kappa shape index (κ2) is 10.7. The van der Waals surface area contributed by atoms with E-state index in [4.69, 9.17) is 0 Å². The minimum absolute atomic E-state index is 0.0442. The maximum Gasteiger partial charge on any atom is 0.209 e.